The fourth-order valence-electron chi connectivity index (χ4n) is 3.58. The van der Waals surface area contributed by atoms with Gasteiger partial charge in [-0.3, -0.25) is 0 Å². The Bertz CT molecular complexity index is 905. The number of rotatable bonds is 1. The molecule has 1 aliphatic carbocycles. The van der Waals surface area contributed by atoms with Gasteiger partial charge in [-0.25, -0.2) is 25.1 Å². The number of amidine groups is 1. The summed E-state index contributed by atoms with van der Waals surface area (Å²) < 4.78 is 10.9. The number of nitrogens with zero attached hydrogens (tertiary/aromatic N) is 3. The Hall–Kier alpha value is -2.96. The van der Waals surface area contributed by atoms with Crippen molar-refractivity contribution in [2.75, 3.05) is 6.61 Å². The maximum atomic E-state index is 12.0. The van der Waals surface area contributed by atoms with Crippen molar-refractivity contribution in [1.82, 2.24) is 15.3 Å². The number of aromatic nitrogens is 2. The van der Waals surface area contributed by atoms with Crippen LogP contribution in [0.3, 0.4) is 0 Å². The van der Waals surface area contributed by atoms with Gasteiger partial charge in [0, 0.05) is 30.8 Å². The highest BCUT2D eigenvalue weighted by molar-refractivity contribution is 5.91. The lowest BCUT2D eigenvalue weighted by Gasteiger charge is -2.19. The van der Waals surface area contributed by atoms with E-state index in [4.69, 9.17) is 9.47 Å². The second kappa shape index (κ2) is 6.33. The Balaban J connectivity index is 1.55. The number of benzene rings is 1. The number of fused-ring (bicyclic) bond motifs is 1. The van der Waals surface area contributed by atoms with E-state index < -0.39 is 17.2 Å². The topological polar surface area (TPSA) is 85.7 Å². The van der Waals surface area contributed by atoms with Crippen LogP contribution in [0.4, 0.5) is 4.79 Å². The molecule has 1 atom stereocenters. The maximum absolute atomic E-state index is 12.0. The molecule has 2 heterocycles. The highest BCUT2D eigenvalue weighted by atomic mass is 16.6. The molecule has 4 rings (SSSR count). The molecule has 0 bridgehead atoms. The minimum atomic E-state index is -0.572. The maximum Gasteiger partial charge on any atom is 0.415 e. The third-order valence-corrected chi connectivity index (χ3v) is 4.59. The molecule has 0 fully saturated rings. The first-order chi connectivity index (χ1) is 12.8. The Morgan fingerprint density at radius 2 is 2.00 bits per heavy atom. The van der Waals surface area contributed by atoms with Crippen molar-refractivity contribution in [2.45, 2.75) is 44.8 Å². The van der Waals surface area contributed by atoms with Crippen molar-refractivity contribution in [1.29, 1.82) is 0 Å². The van der Waals surface area contributed by atoms with E-state index in [2.05, 4.69) is 32.4 Å². The highest BCUT2D eigenvalue weighted by Crippen LogP contribution is 2.40. The number of hydrogen-bond donors (Lipinski definition) is 1. The predicted octanol–water partition coefficient (Wildman–Crippen LogP) is 2.89. The first kappa shape index (κ1) is 17.5. The standard InChI is InChI=1S/C20H22N4O3/c1-19(2,3)27-18(25)23-17-24-20(11-26-17)7-13-5-4-6-15(16(13)8-20)14-9-21-12-22-10-14/h4-6,9-10,12H,7-8,11H2,1-3H3,(H,23,24,25)/t20-/m1/s1. The van der Waals surface area contributed by atoms with Crippen molar-refractivity contribution in [3.8, 4) is 11.1 Å². The number of aliphatic imine (C=N–C) groups is 1. The molecule has 1 aromatic carbocycles. The molecule has 0 saturated carbocycles. The second-order valence-corrected chi connectivity index (χ2v) is 7.98. The third kappa shape index (κ3) is 3.63. The monoisotopic (exact) mass is 366 g/mol. The van der Waals surface area contributed by atoms with E-state index in [1.807, 2.05) is 39.2 Å². The second-order valence-electron chi connectivity index (χ2n) is 7.98. The van der Waals surface area contributed by atoms with Crippen LogP contribution in [0.1, 0.15) is 31.9 Å². The Labute approximate surface area is 157 Å². The number of carbonyl (C=O) groups is 1. The van der Waals surface area contributed by atoms with Gasteiger partial charge in [0.05, 0.1) is 0 Å². The first-order valence-electron chi connectivity index (χ1n) is 8.92. The Morgan fingerprint density at radius 1 is 1.22 bits per heavy atom. The molecule has 140 valence electrons. The van der Waals surface area contributed by atoms with Gasteiger partial charge < -0.3 is 9.47 Å². The van der Waals surface area contributed by atoms with Gasteiger partial charge in [-0.05, 0) is 37.5 Å². The summed E-state index contributed by atoms with van der Waals surface area (Å²) in [4.78, 5) is 24.9. The fraction of sp³-hybridized carbons (Fsp3) is 0.400. The van der Waals surface area contributed by atoms with Gasteiger partial charge in [-0.15, -0.1) is 0 Å². The minimum Gasteiger partial charge on any atom is -0.462 e. The molecule has 1 aliphatic heterocycles. The lowest BCUT2D eigenvalue weighted by molar-refractivity contribution is 0.0551. The Kier molecular flexibility index (Phi) is 4.09. The van der Waals surface area contributed by atoms with Gasteiger partial charge in [-0.2, -0.15) is 0 Å². The number of nitrogens with one attached hydrogen (secondary N) is 1. The molecule has 7 nitrogen and oxygen atoms in total. The quantitative estimate of drug-likeness (QED) is 0.839. The molecule has 0 saturated heterocycles. The van der Waals surface area contributed by atoms with Gasteiger partial charge in [0.15, 0.2) is 0 Å². The molecule has 2 aromatic rings. The number of carbonyl (C=O) groups excluding carboxylic acids is 1. The molecular weight excluding hydrogens is 344 g/mol. The van der Waals surface area contributed by atoms with E-state index in [1.54, 1.807) is 0 Å². The van der Waals surface area contributed by atoms with Gasteiger partial charge in [-0.1, -0.05) is 18.2 Å². The van der Waals surface area contributed by atoms with Crippen LogP contribution in [0.25, 0.3) is 11.1 Å². The van der Waals surface area contributed by atoms with Crippen LogP contribution >= 0.6 is 0 Å². The van der Waals surface area contributed by atoms with Gasteiger partial charge >= 0.3 is 6.09 Å². The zero-order valence-electron chi connectivity index (χ0n) is 15.7. The molecule has 0 radical (unpaired) electrons. The molecule has 1 spiro atoms. The summed E-state index contributed by atoms with van der Waals surface area (Å²) in [6.45, 7) is 5.87. The smallest absolute Gasteiger partial charge is 0.415 e. The normalized spacial score (nSPS) is 20.8. The lowest BCUT2D eigenvalue weighted by atomic mass is 9.96. The predicted molar refractivity (Wildman–Crippen MR) is 100 cm³/mol. The summed E-state index contributed by atoms with van der Waals surface area (Å²) in [5, 5.41) is 2.61. The van der Waals surface area contributed by atoms with Crippen LogP contribution in [-0.4, -0.2) is 39.8 Å². The molecule has 2 aliphatic rings. The van der Waals surface area contributed by atoms with E-state index in [9.17, 15) is 4.79 Å². The van der Waals surface area contributed by atoms with Crippen molar-refractivity contribution >= 4 is 12.1 Å². The Morgan fingerprint density at radius 3 is 2.74 bits per heavy atom. The van der Waals surface area contributed by atoms with Gasteiger partial charge in [0.2, 0.25) is 0 Å². The number of amides is 1. The summed E-state index contributed by atoms with van der Waals surface area (Å²) in [5.41, 5.74) is 3.62. The summed E-state index contributed by atoms with van der Waals surface area (Å²) in [5.74, 6) is 0. The zero-order chi connectivity index (χ0) is 19.1. The van der Waals surface area contributed by atoms with E-state index in [1.165, 1.54) is 17.5 Å². The fourth-order valence-corrected chi connectivity index (χ4v) is 3.58. The van der Waals surface area contributed by atoms with Crippen LogP contribution in [0.2, 0.25) is 0 Å². The van der Waals surface area contributed by atoms with Crippen molar-refractivity contribution in [3.05, 3.63) is 48.0 Å². The highest BCUT2D eigenvalue weighted by Gasteiger charge is 2.43. The summed E-state index contributed by atoms with van der Waals surface area (Å²) in [6, 6.07) is 6.46. The average molecular weight is 366 g/mol. The summed E-state index contributed by atoms with van der Waals surface area (Å²) >= 11 is 0. The van der Waals surface area contributed by atoms with Gasteiger partial charge in [0.25, 0.3) is 6.02 Å². The van der Waals surface area contributed by atoms with Crippen LogP contribution in [-0.2, 0) is 22.3 Å². The van der Waals surface area contributed by atoms with Crippen molar-refractivity contribution < 1.29 is 14.3 Å². The SMILES string of the molecule is CC(C)(C)OC(=O)NC1=N[C@]2(CO1)Cc1cccc(-c3cncnc3)c1C2. The average Bonchev–Trinajstić information content (AvgIpc) is 3.16. The summed E-state index contributed by atoms with van der Waals surface area (Å²) in [7, 11) is 0. The van der Waals surface area contributed by atoms with E-state index in [0.29, 0.717) is 6.61 Å². The van der Waals surface area contributed by atoms with Gasteiger partial charge in [0.1, 0.15) is 24.1 Å². The van der Waals surface area contributed by atoms with E-state index in [-0.39, 0.29) is 6.02 Å². The number of alkyl carbamates (subject to hydrolysis) is 1. The van der Waals surface area contributed by atoms with Crippen LogP contribution in [0.15, 0.2) is 41.9 Å². The van der Waals surface area contributed by atoms with Crippen molar-refractivity contribution in [2.24, 2.45) is 4.99 Å². The number of hydrogen-bond acceptors (Lipinski definition) is 6. The molecule has 0 unspecified atom stereocenters. The van der Waals surface area contributed by atoms with E-state index in [0.717, 1.165) is 24.0 Å². The van der Waals surface area contributed by atoms with Crippen molar-refractivity contribution in [3.63, 3.8) is 0 Å². The first-order valence-corrected chi connectivity index (χ1v) is 8.92. The number of ether oxygens (including phenoxy) is 2. The molecule has 27 heavy (non-hydrogen) atoms. The van der Waals surface area contributed by atoms with E-state index >= 15 is 0 Å². The molecule has 1 aromatic heterocycles. The minimum absolute atomic E-state index is 0.224. The van der Waals surface area contributed by atoms with Crippen LogP contribution < -0.4 is 5.32 Å². The molecule has 1 N–H and O–H groups in total. The molecule has 7 heteroatoms. The van der Waals surface area contributed by atoms with Crippen LogP contribution in [0.5, 0.6) is 0 Å². The summed E-state index contributed by atoms with van der Waals surface area (Å²) in [6.07, 6.45) is 6.11. The van der Waals surface area contributed by atoms with Crippen LogP contribution in [0, 0.1) is 0 Å². The largest absolute Gasteiger partial charge is 0.462 e. The third-order valence-electron chi connectivity index (χ3n) is 4.59. The zero-order valence-corrected chi connectivity index (χ0v) is 15.7. The lowest BCUT2D eigenvalue weighted by Crippen LogP contribution is -2.36. The molecular formula is C20H22N4O3. The molecule has 1 amide bonds.